The minimum absolute atomic E-state index is 0.203. The molecule has 0 bridgehead atoms. The third kappa shape index (κ3) is 5.44. The molecule has 0 aliphatic rings. The fraction of sp³-hybridized carbons (Fsp3) is 0.167. The predicted molar refractivity (Wildman–Crippen MR) is 111 cm³/mol. The summed E-state index contributed by atoms with van der Waals surface area (Å²) < 4.78 is 23.7. The Labute approximate surface area is 174 Å². The number of rotatable bonds is 7. The fourth-order valence-corrected chi connectivity index (χ4v) is 2.88. The van der Waals surface area contributed by atoms with Crippen molar-refractivity contribution in [3.63, 3.8) is 0 Å². The smallest absolute Gasteiger partial charge is 0.337 e. The molecule has 0 aliphatic carbocycles. The van der Waals surface area contributed by atoms with E-state index in [-0.39, 0.29) is 18.3 Å². The monoisotopic (exact) mass is 407 g/mol. The zero-order valence-electron chi connectivity index (χ0n) is 16.8. The highest BCUT2D eigenvalue weighted by atomic mass is 19.1. The minimum atomic E-state index is -0.406. The maximum atomic E-state index is 13.3. The summed E-state index contributed by atoms with van der Waals surface area (Å²) in [5, 5.41) is 2.87. The second-order valence-corrected chi connectivity index (χ2v) is 6.77. The Morgan fingerprint density at radius 2 is 1.73 bits per heavy atom. The molecule has 3 rings (SSSR count). The summed E-state index contributed by atoms with van der Waals surface area (Å²) in [6, 6.07) is 18.3. The van der Waals surface area contributed by atoms with Crippen LogP contribution in [0.4, 0.5) is 4.39 Å². The quantitative estimate of drug-likeness (QED) is 0.589. The minimum Gasteiger partial charge on any atom is -0.489 e. The molecule has 0 heterocycles. The van der Waals surface area contributed by atoms with Crippen molar-refractivity contribution in [2.75, 3.05) is 7.11 Å². The van der Waals surface area contributed by atoms with Gasteiger partial charge >= 0.3 is 5.97 Å². The molecule has 0 aromatic heterocycles. The van der Waals surface area contributed by atoms with E-state index in [1.54, 1.807) is 54.6 Å². The number of hydrogen-bond acceptors (Lipinski definition) is 4. The van der Waals surface area contributed by atoms with E-state index >= 15 is 0 Å². The van der Waals surface area contributed by atoms with Gasteiger partial charge in [-0.3, -0.25) is 4.79 Å². The molecule has 0 spiro atoms. The first kappa shape index (κ1) is 21.0. The van der Waals surface area contributed by atoms with Crippen molar-refractivity contribution in [1.29, 1.82) is 0 Å². The topological polar surface area (TPSA) is 64.6 Å². The standard InChI is InChI=1S/C24H22FNO4/c1-16-6-11-21(30-15-18-4-3-5-20(25)12-18)13-22(16)23(27)26-14-17-7-9-19(10-8-17)24(28)29-2/h3-13H,14-15H2,1-2H3,(H,26,27). The first-order valence-corrected chi connectivity index (χ1v) is 9.39. The van der Waals surface area contributed by atoms with E-state index in [4.69, 9.17) is 4.74 Å². The molecule has 0 saturated heterocycles. The number of halogens is 1. The third-order valence-electron chi connectivity index (χ3n) is 4.58. The van der Waals surface area contributed by atoms with Crippen molar-refractivity contribution in [3.8, 4) is 5.75 Å². The molecule has 3 aromatic rings. The lowest BCUT2D eigenvalue weighted by molar-refractivity contribution is 0.0600. The highest BCUT2D eigenvalue weighted by Gasteiger charge is 2.11. The van der Waals surface area contributed by atoms with Crippen molar-refractivity contribution in [3.05, 3.63) is 100 Å². The zero-order valence-corrected chi connectivity index (χ0v) is 16.8. The van der Waals surface area contributed by atoms with Gasteiger partial charge in [-0.1, -0.05) is 30.3 Å². The Morgan fingerprint density at radius 3 is 2.43 bits per heavy atom. The molecule has 0 radical (unpaired) electrons. The molecule has 1 N–H and O–H groups in total. The molecular formula is C24H22FNO4. The van der Waals surface area contributed by atoms with Crippen LogP contribution in [0.25, 0.3) is 0 Å². The van der Waals surface area contributed by atoms with Gasteiger partial charge in [0.25, 0.3) is 5.91 Å². The summed E-state index contributed by atoms with van der Waals surface area (Å²) in [6.07, 6.45) is 0. The molecular weight excluding hydrogens is 385 g/mol. The maximum Gasteiger partial charge on any atom is 0.337 e. The number of amides is 1. The van der Waals surface area contributed by atoms with Crippen LogP contribution in [-0.4, -0.2) is 19.0 Å². The molecule has 0 saturated carbocycles. The molecule has 0 atom stereocenters. The van der Waals surface area contributed by atoms with Crippen molar-refractivity contribution in [1.82, 2.24) is 5.32 Å². The number of esters is 1. The van der Waals surface area contributed by atoms with E-state index < -0.39 is 5.97 Å². The zero-order chi connectivity index (χ0) is 21.5. The van der Waals surface area contributed by atoms with Crippen LogP contribution in [0.15, 0.2) is 66.7 Å². The average molecular weight is 407 g/mol. The molecule has 6 heteroatoms. The number of benzene rings is 3. The van der Waals surface area contributed by atoms with Gasteiger partial charge in [0.15, 0.2) is 0 Å². The molecule has 0 fully saturated rings. The number of aryl methyl sites for hydroxylation is 1. The number of carbonyl (C=O) groups is 2. The third-order valence-corrected chi connectivity index (χ3v) is 4.58. The van der Waals surface area contributed by atoms with E-state index in [0.717, 1.165) is 11.1 Å². The predicted octanol–water partition coefficient (Wildman–Crippen LogP) is 4.43. The molecule has 0 aliphatic heterocycles. The largest absolute Gasteiger partial charge is 0.489 e. The van der Waals surface area contributed by atoms with E-state index in [1.165, 1.54) is 19.2 Å². The lowest BCUT2D eigenvalue weighted by Crippen LogP contribution is -2.23. The van der Waals surface area contributed by atoms with Crippen LogP contribution in [0.2, 0.25) is 0 Å². The van der Waals surface area contributed by atoms with Crippen molar-refractivity contribution < 1.29 is 23.5 Å². The number of carbonyl (C=O) groups excluding carboxylic acids is 2. The van der Waals surface area contributed by atoms with Crippen molar-refractivity contribution in [2.45, 2.75) is 20.1 Å². The van der Waals surface area contributed by atoms with E-state index in [1.807, 2.05) is 6.92 Å². The summed E-state index contributed by atoms with van der Waals surface area (Å²) in [6.45, 7) is 2.36. The van der Waals surface area contributed by atoms with Gasteiger partial charge in [-0.15, -0.1) is 0 Å². The molecule has 30 heavy (non-hydrogen) atoms. The van der Waals surface area contributed by atoms with Crippen molar-refractivity contribution >= 4 is 11.9 Å². The van der Waals surface area contributed by atoms with Gasteiger partial charge in [-0.05, 0) is 60.0 Å². The van der Waals surface area contributed by atoms with Crippen LogP contribution >= 0.6 is 0 Å². The summed E-state index contributed by atoms with van der Waals surface area (Å²) in [5.74, 6) is -0.436. The van der Waals surface area contributed by atoms with E-state index in [9.17, 15) is 14.0 Å². The Morgan fingerprint density at radius 1 is 0.967 bits per heavy atom. The maximum absolute atomic E-state index is 13.3. The van der Waals surface area contributed by atoms with Gasteiger partial charge < -0.3 is 14.8 Å². The second-order valence-electron chi connectivity index (χ2n) is 6.77. The summed E-state index contributed by atoms with van der Waals surface area (Å²) in [7, 11) is 1.33. The summed E-state index contributed by atoms with van der Waals surface area (Å²) in [5.41, 5.74) is 3.32. The highest BCUT2D eigenvalue weighted by Crippen LogP contribution is 2.19. The van der Waals surface area contributed by atoms with Gasteiger partial charge in [-0.2, -0.15) is 0 Å². The van der Waals surface area contributed by atoms with Crippen molar-refractivity contribution in [2.24, 2.45) is 0 Å². The number of ether oxygens (including phenoxy) is 2. The second kappa shape index (κ2) is 9.69. The molecule has 1 amide bonds. The van der Waals surface area contributed by atoms with Gasteiger partial charge in [-0.25, -0.2) is 9.18 Å². The molecule has 3 aromatic carbocycles. The molecule has 154 valence electrons. The lowest BCUT2D eigenvalue weighted by atomic mass is 10.1. The Hall–Kier alpha value is -3.67. The lowest BCUT2D eigenvalue weighted by Gasteiger charge is -2.11. The number of hydrogen-bond donors (Lipinski definition) is 1. The SMILES string of the molecule is COC(=O)c1ccc(CNC(=O)c2cc(OCc3cccc(F)c3)ccc2C)cc1. The first-order valence-electron chi connectivity index (χ1n) is 9.39. The van der Waals surface area contributed by atoms with Gasteiger partial charge in [0.05, 0.1) is 12.7 Å². The van der Waals surface area contributed by atoms with Gasteiger partial charge in [0.2, 0.25) is 0 Å². The van der Waals surface area contributed by atoms with Crippen LogP contribution in [0.1, 0.15) is 37.4 Å². The fourth-order valence-electron chi connectivity index (χ4n) is 2.88. The van der Waals surface area contributed by atoms with Crippen LogP contribution in [0.5, 0.6) is 5.75 Å². The Kier molecular flexibility index (Phi) is 6.80. The number of methoxy groups -OCH3 is 1. The van der Waals surface area contributed by atoms with Gasteiger partial charge in [0.1, 0.15) is 18.2 Å². The van der Waals surface area contributed by atoms with Gasteiger partial charge in [0, 0.05) is 12.1 Å². The summed E-state index contributed by atoms with van der Waals surface area (Å²) >= 11 is 0. The normalized spacial score (nSPS) is 10.4. The highest BCUT2D eigenvalue weighted by molar-refractivity contribution is 5.96. The molecule has 5 nitrogen and oxygen atoms in total. The summed E-state index contributed by atoms with van der Waals surface area (Å²) in [4.78, 5) is 24.1. The molecule has 0 unspecified atom stereocenters. The Balaban J connectivity index is 1.62. The van der Waals surface area contributed by atoms with Crippen LogP contribution in [-0.2, 0) is 17.9 Å². The van der Waals surface area contributed by atoms with Crippen LogP contribution in [0.3, 0.4) is 0 Å². The number of nitrogens with one attached hydrogen (secondary N) is 1. The van der Waals surface area contributed by atoms with Crippen LogP contribution < -0.4 is 10.1 Å². The first-order chi connectivity index (χ1) is 14.5. The average Bonchev–Trinajstić information content (AvgIpc) is 2.76. The van der Waals surface area contributed by atoms with E-state index in [0.29, 0.717) is 29.0 Å². The van der Waals surface area contributed by atoms with Crippen LogP contribution in [0, 0.1) is 12.7 Å². The Bertz CT molecular complexity index is 1050. The van der Waals surface area contributed by atoms with E-state index in [2.05, 4.69) is 10.1 Å².